The molecule has 1 aliphatic rings. The lowest BCUT2D eigenvalue weighted by atomic mass is 10.0. The van der Waals surface area contributed by atoms with Gasteiger partial charge in [0.25, 0.3) is 16.0 Å². The molecule has 4 aromatic carbocycles. The largest absolute Gasteiger partial charge is 0.341 e. The first-order valence-corrected chi connectivity index (χ1v) is 16.6. The molecule has 1 aliphatic heterocycles. The summed E-state index contributed by atoms with van der Waals surface area (Å²) in [5.74, 6) is -1.29. The molecule has 0 saturated heterocycles. The Labute approximate surface area is 232 Å². The highest BCUT2D eigenvalue weighted by Gasteiger charge is 2.37. The van der Waals surface area contributed by atoms with E-state index in [0.717, 1.165) is 31.1 Å². The van der Waals surface area contributed by atoms with Crippen LogP contribution in [0.15, 0.2) is 71.6 Å². The minimum absolute atomic E-state index is 0.246. The monoisotopic (exact) mass is 607 g/mol. The SMILES string of the molecule is O=S(=O)(O)CN1c2cc(Cl)ccc2SC1Cc1sc2ccc3c4ccccc4ccc3c2[n+]1CS(=O)(=O)O. The van der Waals surface area contributed by atoms with Crippen molar-refractivity contribution in [3.05, 3.63) is 76.8 Å². The molecule has 2 heterocycles. The van der Waals surface area contributed by atoms with Crippen LogP contribution in [0.2, 0.25) is 5.02 Å². The van der Waals surface area contributed by atoms with E-state index >= 15 is 0 Å². The van der Waals surface area contributed by atoms with E-state index in [0.29, 0.717) is 21.2 Å². The smallest absolute Gasteiger partial charge is 0.326 e. The maximum atomic E-state index is 12.1. The number of anilines is 1. The van der Waals surface area contributed by atoms with Gasteiger partial charge in [0.1, 0.15) is 10.6 Å². The van der Waals surface area contributed by atoms with Crippen molar-refractivity contribution in [1.29, 1.82) is 0 Å². The number of aromatic nitrogens is 1. The Kier molecular flexibility index (Phi) is 6.34. The van der Waals surface area contributed by atoms with E-state index in [9.17, 15) is 25.9 Å². The zero-order valence-corrected chi connectivity index (χ0v) is 23.5. The summed E-state index contributed by atoms with van der Waals surface area (Å²) in [5.41, 5.74) is 1.25. The Morgan fingerprint density at radius 2 is 1.66 bits per heavy atom. The zero-order valence-electron chi connectivity index (χ0n) is 19.5. The van der Waals surface area contributed by atoms with Crippen LogP contribution in [0.3, 0.4) is 0 Å². The van der Waals surface area contributed by atoms with E-state index in [1.165, 1.54) is 23.1 Å². The van der Waals surface area contributed by atoms with Crippen LogP contribution in [0.4, 0.5) is 5.69 Å². The fourth-order valence-corrected chi connectivity index (χ4v) is 9.22. The lowest BCUT2D eigenvalue weighted by Crippen LogP contribution is -2.43. The molecule has 196 valence electrons. The average Bonchev–Trinajstić information content (AvgIpc) is 3.34. The topological polar surface area (TPSA) is 116 Å². The normalized spacial score (nSPS) is 16.1. The second-order valence-corrected chi connectivity index (χ2v) is 14.6. The molecule has 0 amide bonds. The Bertz CT molecular complexity index is 1980. The quantitative estimate of drug-likeness (QED) is 0.151. The molecule has 5 aromatic rings. The third-order valence-corrected chi connectivity index (χ3v) is 10.3. The molecule has 1 atom stereocenters. The molecule has 6 rings (SSSR count). The summed E-state index contributed by atoms with van der Waals surface area (Å²) in [4.78, 5) is 2.34. The number of nitrogens with zero attached hydrogens (tertiary/aromatic N) is 2. The Hall–Kier alpha value is -2.45. The minimum Gasteiger partial charge on any atom is -0.341 e. The summed E-state index contributed by atoms with van der Waals surface area (Å²) in [5, 5.41) is 4.46. The second-order valence-electron chi connectivity index (χ2n) is 9.00. The number of rotatable bonds is 6. The predicted molar refractivity (Wildman–Crippen MR) is 152 cm³/mol. The Morgan fingerprint density at radius 3 is 2.42 bits per heavy atom. The van der Waals surface area contributed by atoms with E-state index in [1.807, 2.05) is 48.5 Å². The third kappa shape index (κ3) is 4.86. The number of benzene rings is 4. The Balaban J connectivity index is 1.52. The van der Waals surface area contributed by atoms with Crippen LogP contribution in [0.5, 0.6) is 0 Å². The number of fused-ring (bicyclic) bond motifs is 6. The van der Waals surface area contributed by atoms with Gasteiger partial charge in [0.15, 0.2) is 0 Å². The van der Waals surface area contributed by atoms with Crippen molar-refractivity contribution in [1.82, 2.24) is 0 Å². The van der Waals surface area contributed by atoms with Gasteiger partial charge in [-0.2, -0.15) is 21.4 Å². The standard InChI is InChI=1S/C25H19ClN2O6S4/c26-16-6-9-21-20(11-16)27(13-37(29,30)31)23(35-21)12-24-28(14-38(32,33)34)25-19-7-5-15-3-1-2-4-17(15)18(19)8-10-22(25)36-24/h1-11,23H,12-14H2,(H-,29,30,31,32,33,34)/p+1. The number of halogens is 1. The highest BCUT2D eigenvalue weighted by molar-refractivity contribution is 8.00. The summed E-state index contributed by atoms with van der Waals surface area (Å²) in [6.07, 6.45) is 0.246. The number of thioether (sulfide) groups is 1. The van der Waals surface area contributed by atoms with Gasteiger partial charge in [-0.3, -0.25) is 9.11 Å². The van der Waals surface area contributed by atoms with Crippen molar-refractivity contribution in [2.75, 3.05) is 10.8 Å². The van der Waals surface area contributed by atoms with Crippen molar-refractivity contribution in [2.45, 2.75) is 22.6 Å². The van der Waals surface area contributed by atoms with Crippen LogP contribution < -0.4 is 9.47 Å². The van der Waals surface area contributed by atoms with Crippen LogP contribution in [0, 0.1) is 0 Å². The molecule has 0 bridgehead atoms. The second kappa shape index (κ2) is 9.33. The summed E-state index contributed by atoms with van der Waals surface area (Å²) in [7, 11) is -8.78. The average molecular weight is 608 g/mol. The first-order chi connectivity index (χ1) is 18.0. The number of hydrogen-bond donors (Lipinski definition) is 2. The summed E-state index contributed by atoms with van der Waals surface area (Å²) < 4.78 is 70.0. The van der Waals surface area contributed by atoms with E-state index < -0.39 is 37.4 Å². The maximum absolute atomic E-state index is 12.1. The molecule has 0 fully saturated rings. The van der Waals surface area contributed by atoms with Gasteiger partial charge in [-0.1, -0.05) is 71.1 Å². The van der Waals surface area contributed by atoms with Crippen LogP contribution in [0.1, 0.15) is 5.01 Å². The molecule has 0 saturated carbocycles. The zero-order chi connectivity index (χ0) is 26.8. The van der Waals surface area contributed by atoms with Gasteiger partial charge in [-0.05, 0) is 46.5 Å². The van der Waals surface area contributed by atoms with Crippen LogP contribution >= 0.6 is 34.7 Å². The van der Waals surface area contributed by atoms with Crippen molar-refractivity contribution in [2.24, 2.45) is 0 Å². The van der Waals surface area contributed by atoms with Gasteiger partial charge in [0.2, 0.25) is 10.5 Å². The first kappa shape index (κ1) is 25.8. The van der Waals surface area contributed by atoms with Gasteiger partial charge < -0.3 is 4.90 Å². The summed E-state index contributed by atoms with van der Waals surface area (Å²) in [6, 6.07) is 20.9. The van der Waals surface area contributed by atoms with Gasteiger partial charge in [-0.15, -0.1) is 0 Å². The molecule has 0 radical (unpaired) electrons. The highest BCUT2D eigenvalue weighted by atomic mass is 35.5. The molecular formula is C25H20ClN2O6S4+. The molecule has 1 aromatic heterocycles. The highest BCUT2D eigenvalue weighted by Crippen LogP contribution is 2.46. The van der Waals surface area contributed by atoms with Gasteiger partial charge in [0.05, 0.1) is 22.9 Å². The van der Waals surface area contributed by atoms with Gasteiger partial charge in [-0.25, -0.2) is 0 Å². The lowest BCUT2D eigenvalue weighted by Gasteiger charge is -2.24. The lowest BCUT2D eigenvalue weighted by molar-refractivity contribution is -0.654. The van der Waals surface area contributed by atoms with Gasteiger partial charge >= 0.3 is 10.1 Å². The van der Waals surface area contributed by atoms with E-state index in [1.54, 1.807) is 27.7 Å². The van der Waals surface area contributed by atoms with E-state index in [-0.39, 0.29) is 6.42 Å². The van der Waals surface area contributed by atoms with E-state index in [4.69, 9.17) is 11.6 Å². The Morgan fingerprint density at radius 1 is 0.895 bits per heavy atom. The van der Waals surface area contributed by atoms with Crippen LogP contribution in [0.25, 0.3) is 31.8 Å². The summed E-state index contributed by atoms with van der Waals surface area (Å²) >= 11 is 8.96. The van der Waals surface area contributed by atoms with Crippen LogP contribution in [-0.4, -0.2) is 37.2 Å². The van der Waals surface area contributed by atoms with Crippen molar-refractivity contribution >= 4 is 92.4 Å². The fourth-order valence-electron chi connectivity index (χ4n) is 4.98. The molecule has 13 heteroatoms. The molecule has 2 N–H and O–H groups in total. The molecule has 8 nitrogen and oxygen atoms in total. The first-order valence-electron chi connectivity index (χ1n) is 11.4. The number of hydrogen-bond acceptors (Lipinski definition) is 7. The molecular weight excluding hydrogens is 588 g/mol. The fraction of sp³-hybridized carbons (Fsp3) is 0.160. The molecule has 38 heavy (non-hydrogen) atoms. The van der Waals surface area contributed by atoms with Crippen molar-refractivity contribution in [3.63, 3.8) is 0 Å². The van der Waals surface area contributed by atoms with Gasteiger partial charge in [0, 0.05) is 9.92 Å². The van der Waals surface area contributed by atoms with Crippen LogP contribution in [-0.2, 0) is 32.5 Å². The molecule has 0 aliphatic carbocycles. The van der Waals surface area contributed by atoms with Crippen molar-refractivity contribution in [3.8, 4) is 0 Å². The predicted octanol–water partition coefficient (Wildman–Crippen LogP) is 5.32. The molecule has 1 unspecified atom stereocenters. The third-order valence-electron chi connectivity index (χ3n) is 6.44. The minimum atomic E-state index is -4.41. The number of thiazole rings is 1. The van der Waals surface area contributed by atoms with E-state index in [2.05, 4.69) is 0 Å². The molecule has 0 spiro atoms. The maximum Gasteiger partial charge on any atom is 0.326 e. The van der Waals surface area contributed by atoms with Crippen molar-refractivity contribution < 1.29 is 30.5 Å². The summed E-state index contributed by atoms with van der Waals surface area (Å²) in [6.45, 7) is 0.